The van der Waals surface area contributed by atoms with E-state index in [-0.39, 0.29) is 0 Å². The first-order valence-electron chi connectivity index (χ1n) is 3.34. The number of hydrogen-bond acceptors (Lipinski definition) is 2. The Morgan fingerprint density at radius 1 is 1.50 bits per heavy atom. The van der Waals surface area contributed by atoms with Gasteiger partial charge in [-0.2, -0.15) is 5.26 Å². The topological polar surface area (TPSA) is 41.1 Å². The van der Waals surface area contributed by atoms with Gasteiger partial charge in [0.25, 0.3) is 0 Å². The molecule has 0 aliphatic rings. The van der Waals surface area contributed by atoms with Crippen molar-refractivity contribution >= 4 is 17.2 Å². The number of aromatic nitrogens is 2. The molecule has 0 radical (unpaired) electrons. The van der Waals surface area contributed by atoms with E-state index in [1.807, 2.05) is 6.07 Å². The second-order valence-corrected chi connectivity index (χ2v) is 2.70. The van der Waals surface area contributed by atoms with Crippen molar-refractivity contribution in [3.8, 4) is 6.07 Å². The lowest BCUT2D eigenvalue weighted by Crippen LogP contribution is -1.90. The van der Waals surface area contributed by atoms with Crippen molar-refractivity contribution in [3.05, 3.63) is 35.2 Å². The molecule has 0 unspecified atom stereocenters. The Balaban J connectivity index is 2.94. The van der Waals surface area contributed by atoms with Crippen LogP contribution in [0, 0.1) is 11.3 Å². The predicted octanol–water partition coefficient (Wildman–Crippen LogP) is 1.86. The molecule has 0 N–H and O–H groups in total. The van der Waals surface area contributed by atoms with Crippen LogP contribution in [0.25, 0.3) is 5.65 Å². The molecule has 58 valence electrons. The Hall–Kier alpha value is -1.53. The average molecular weight is 178 g/mol. The van der Waals surface area contributed by atoms with Gasteiger partial charge in [0.1, 0.15) is 17.4 Å². The fraction of sp³-hybridized carbons (Fsp3) is 0. The quantitative estimate of drug-likeness (QED) is 0.616. The van der Waals surface area contributed by atoms with E-state index in [9.17, 15) is 0 Å². The van der Waals surface area contributed by atoms with Gasteiger partial charge < -0.3 is 0 Å². The summed E-state index contributed by atoms with van der Waals surface area (Å²) in [7, 11) is 0. The smallest absolute Gasteiger partial charge is 0.144 e. The number of fused-ring (bicyclic) bond motifs is 1. The summed E-state index contributed by atoms with van der Waals surface area (Å²) in [4.78, 5) is 4.02. The van der Waals surface area contributed by atoms with Gasteiger partial charge in [0.15, 0.2) is 0 Å². The first-order chi connectivity index (χ1) is 5.83. The molecule has 0 aromatic carbocycles. The lowest BCUT2D eigenvalue weighted by molar-refractivity contribution is 1.14. The van der Waals surface area contributed by atoms with Crippen LogP contribution in [0.4, 0.5) is 0 Å². The van der Waals surface area contributed by atoms with Crippen LogP contribution in [0.1, 0.15) is 5.69 Å². The van der Waals surface area contributed by atoms with Gasteiger partial charge in [-0.3, -0.25) is 4.40 Å². The van der Waals surface area contributed by atoms with E-state index in [0.29, 0.717) is 10.7 Å². The van der Waals surface area contributed by atoms with Gasteiger partial charge in [-0.15, -0.1) is 0 Å². The minimum atomic E-state index is 0.423. The maximum atomic E-state index is 8.75. The Kier molecular flexibility index (Phi) is 1.49. The average Bonchev–Trinajstić information content (AvgIpc) is 2.52. The number of imidazole rings is 1. The van der Waals surface area contributed by atoms with Crippen LogP contribution in [0.2, 0.25) is 5.02 Å². The van der Waals surface area contributed by atoms with Gasteiger partial charge >= 0.3 is 0 Å². The summed E-state index contributed by atoms with van der Waals surface area (Å²) in [6, 6.07) is 5.45. The molecule has 4 heteroatoms. The summed E-state index contributed by atoms with van der Waals surface area (Å²) in [5, 5.41) is 9.20. The summed E-state index contributed by atoms with van der Waals surface area (Å²) in [6.45, 7) is 0. The highest BCUT2D eigenvalue weighted by molar-refractivity contribution is 6.31. The molecule has 0 fully saturated rings. The molecule has 2 rings (SSSR count). The second kappa shape index (κ2) is 2.50. The Bertz CT molecular complexity index is 467. The van der Waals surface area contributed by atoms with Crippen LogP contribution in [0.15, 0.2) is 24.5 Å². The zero-order valence-electron chi connectivity index (χ0n) is 6.03. The van der Waals surface area contributed by atoms with E-state index < -0.39 is 0 Å². The highest BCUT2D eigenvalue weighted by Crippen LogP contribution is 2.16. The third-order valence-electron chi connectivity index (χ3n) is 1.62. The van der Waals surface area contributed by atoms with E-state index in [0.717, 1.165) is 5.65 Å². The number of nitriles is 1. The van der Waals surface area contributed by atoms with Crippen LogP contribution >= 0.6 is 11.6 Å². The van der Waals surface area contributed by atoms with Gasteiger partial charge in [-0.05, 0) is 12.1 Å². The van der Waals surface area contributed by atoms with Crippen molar-refractivity contribution < 1.29 is 0 Å². The molecule has 0 bridgehead atoms. The lowest BCUT2D eigenvalue weighted by Gasteiger charge is -1.97. The minimum absolute atomic E-state index is 0.423. The molecule has 2 aromatic rings. The molecular weight excluding hydrogens is 174 g/mol. The summed E-state index contributed by atoms with van der Waals surface area (Å²) in [6.07, 6.45) is 3.34. The number of halogens is 1. The van der Waals surface area contributed by atoms with E-state index in [1.165, 1.54) is 0 Å². The molecule has 12 heavy (non-hydrogen) atoms. The molecule has 0 aliphatic heterocycles. The van der Waals surface area contributed by atoms with Crippen LogP contribution in [0.5, 0.6) is 0 Å². The van der Waals surface area contributed by atoms with Gasteiger partial charge in [-0.25, -0.2) is 4.98 Å². The van der Waals surface area contributed by atoms with Crippen LogP contribution < -0.4 is 0 Å². The molecule has 0 aliphatic carbocycles. The van der Waals surface area contributed by atoms with Crippen molar-refractivity contribution in [3.63, 3.8) is 0 Å². The zero-order chi connectivity index (χ0) is 8.55. The van der Waals surface area contributed by atoms with Crippen LogP contribution in [0.3, 0.4) is 0 Å². The van der Waals surface area contributed by atoms with Gasteiger partial charge in [0.05, 0.1) is 5.02 Å². The lowest BCUT2D eigenvalue weighted by atomic mass is 10.3. The molecule has 2 heterocycles. The van der Waals surface area contributed by atoms with E-state index >= 15 is 0 Å². The number of hydrogen-bond donors (Lipinski definition) is 0. The fourth-order valence-corrected chi connectivity index (χ4v) is 1.27. The maximum Gasteiger partial charge on any atom is 0.144 e. The van der Waals surface area contributed by atoms with Gasteiger partial charge in [0.2, 0.25) is 0 Å². The largest absolute Gasteiger partial charge is 0.290 e. The van der Waals surface area contributed by atoms with Gasteiger partial charge in [0, 0.05) is 12.4 Å². The number of rotatable bonds is 0. The molecule has 0 saturated carbocycles. The summed E-state index contributed by atoms with van der Waals surface area (Å²) in [5.74, 6) is 0. The first-order valence-corrected chi connectivity index (χ1v) is 3.72. The normalized spacial score (nSPS) is 10.0. The summed E-state index contributed by atoms with van der Waals surface area (Å²) < 4.78 is 1.66. The standard InChI is InChI=1S/C8H4ClN3/c9-6-1-2-8-11-3-4-12(8)7(6)5-10/h1-4H. The second-order valence-electron chi connectivity index (χ2n) is 2.30. The molecule has 0 spiro atoms. The fourth-order valence-electron chi connectivity index (χ4n) is 1.08. The van der Waals surface area contributed by atoms with E-state index in [1.54, 1.807) is 28.9 Å². The third-order valence-corrected chi connectivity index (χ3v) is 1.93. The van der Waals surface area contributed by atoms with Crippen molar-refractivity contribution in [2.75, 3.05) is 0 Å². The Morgan fingerprint density at radius 2 is 2.33 bits per heavy atom. The predicted molar refractivity (Wildman–Crippen MR) is 44.9 cm³/mol. The summed E-state index contributed by atoms with van der Waals surface area (Å²) in [5.41, 5.74) is 1.16. The first kappa shape index (κ1) is 7.14. The maximum absolute atomic E-state index is 8.75. The Labute approximate surface area is 73.8 Å². The minimum Gasteiger partial charge on any atom is -0.290 e. The molecule has 0 atom stereocenters. The highest BCUT2D eigenvalue weighted by atomic mass is 35.5. The van der Waals surface area contributed by atoms with E-state index in [2.05, 4.69) is 4.98 Å². The third kappa shape index (κ3) is 0.858. The number of nitrogens with zero attached hydrogens (tertiary/aromatic N) is 3. The van der Waals surface area contributed by atoms with Gasteiger partial charge in [-0.1, -0.05) is 11.6 Å². The Morgan fingerprint density at radius 3 is 3.08 bits per heavy atom. The van der Waals surface area contributed by atoms with Crippen molar-refractivity contribution in [2.24, 2.45) is 0 Å². The van der Waals surface area contributed by atoms with Crippen molar-refractivity contribution in [1.29, 1.82) is 5.26 Å². The van der Waals surface area contributed by atoms with E-state index in [4.69, 9.17) is 16.9 Å². The molecular formula is C8H4ClN3. The van der Waals surface area contributed by atoms with Crippen LogP contribution in [-0.2, 0) is 0 Å². The SMILES string of the molecule is N#Cc1c(Cl)ccc2nccn12. The number of pyridine rings is 1. The monoisotopic (exact) mass is 177 g/mol. The molecule has 0 saturated heterocycles. The highest BCUT2D eigenvalue weighted by Gasteiger charge is 2.03. The van der Waals surface area contributed by atoms with Crippen molar-refractivity contribution in [2.45, 2.75) is 0 Å². The summed E-state index contributed by atoms with van der Waals surface area (Å²) >= 11 is 5.79. The molecule has 2 aromatic heterocycles. The van der Waals surface area contributed by atoms with Crippen molar-refractivity contribution in [1.82, 2.24) is 9.38 Å². The molecule has 0 amide bonds. The van der Waals surface area contributed by atoms with Crippen LogP contribution in [-0.4, -0.2) is 9.38 Å². The zero-order valence-corrected chi connectivity index (χ0v) is 6.78. The molecule has 3 nitrogen and oxygen atoms in total.